The lowest BCUT2D eigenvalue weighted by Gasteiger charge is -2.24. The Bertz CT molecular complexity index is 999. The number of anilines is 1. The van der Waals surface area contributed by atoms with E-state index in [0.717, 1.165) is 6.08 Å². The monoisotopic (exact) mass is 410 g/mol. The van der Waals surface area contributed by atoms with Gasteiger partial charge in [0.15, 0.2) is 18.1 Å². The Balaban J connectivity index is 1.64. The molecule has 0 fully saturated rings. The number of amides is 1. The Labute approximate surface area is 172 Å². The van der Waals surface area contributed by atoms with E-state index in [4.69, 9.17) is 19.5 Å². The predicted octanol–water partition coefficient (Wildman–Crippen LogP) is 3.10. The third-order valence-electron chi connectivity index (χ3n) is 4.18. The van der Waals surface area contributed by atoms with Gasteiger partial charge in [0.25, 0.3) is 5.91 Å². The minimum Gasteiger partial charge on any atom is -0.486 e. The lowest BCUT2D eigenvalue weighted by Crippen LogP contribution is -2.35. The van der Waals surface area contributed by atoms with Crippen molar-refractivity contribution in [3.8, 4) is 17.6 Å². The van der Waals surface area contributed by atoms with Crippen LogP contribution < -0.4 is 14.4 Å². The third kappa shape index (κ3) is 5.58. The number of hydrogen-bond donors (Lipinski definition) is 0. The molecule has 1 amide bonds. The van der Waals surface area contributed by atoms with Crippen LogP contribution in [0.4, 0.5) is 10.1 Å². The van der Waals surface area contributed by atoms with Gasteiger partial charge < -0.3 is 19.1 Å². The van der Waals surface area contributed by atoms with Crippen molar-refractivity contribution in [2.24, 2.45) is 0 Å². The van der Waals surface area contributed by atoms with Crippen LogP contribution in [0.3, 0.4) is 0 Å². The number of fused-ring (bicyclic) bond motifs is 1. The first kappa shape index (κ1) is 20.9. The van der Waals surface area contributed by atoms with E-state index in [9.17, 15) is 14.0 Å². The lowest BCUT2D eigenvalue weighted by molar-refractivity contribution is -0.142. The van der Waals surface area contributed by atoms with Crippen molar-refractivity contribution >= 4 is 23.6 Å². The molecule has 0 atom stereocenters. The van der Waals surface area contributed by atoms with Gasteiger partial charge in [-0.2, -0.15) is 5.26 Å². The summed E-state index contributed by atoms with van der Waals surface area (Å²) in [5, 5.41) is 8.90. The summed E-state index contributed by atoms with van der Waals surface area (Å²) in [6, 6.07) is 12.7. The largest absolute Gasteiger partial charge is 0.486 e. The Kier molecular flexibility index (Phi) is 7.00. The molecule has 1 aliphatic rings. The molecule has 0 saturated heterocycles. The Morgan fingerprint density at radius 1 is 1.17 bits per heavy atom. The normalized spacial score (nSPS) is 12.3. The second-order valence-corrected chi connectivity index (χ2v) is 6.28. The molecule has 0 bridgehead atoms. The summed E-state index contributed by atoms with van der Waals surface area (Å²) < 4.78 is 29.2. The highest BCUT2D eigenvalue weighted by atomic mass is 19.1. The van der Waals surface area contributed by atoms with Crippen molar-refractivity contribution in [3.63, 3.8) is 0 Å². The fraction of sp³-hybridized carbons (Fsp3) is 0.227. The first-order valence-corrected chi connectivity index (χ1v) is 9.24. The second kappa shape index (κ2) is 10.1. The van der Waals surface area contributed by atoms with Crippen molar-refractivity contribution in [1.82, 2.24) is 0 Å². The highest BCUT2D eigenvalue weighted by molar-refractivity contribution is 5.96. The maximum Gasteiger partial charge on any atom is 0.331 e. The van der Waals surface area contributed by atoms with Gasteiger partial charge in [-0.3, -0.25) is 4.79 Å². The number of carbonyl (C=O) groups excluding carboxylic acids is 2. The van der Waals surface area contributed by atoms with Gasteiger partial charge in [0.05, 0.1) is 12.5 Å². The number of nitrogens with zero attached hydrogens (tertiary/aromatic N) is 2. The van der Waals surface area contributed by atoms with Crippen molar-refractivity contribution in [2.45, 2.75) is 6.42 Å². The van der Waals surface area contributed by atoms with Crippen LogP contribution in [0, 0.1) is 17.1 Å². The van der Waals surface area contributed by atoms with E-state index in [1.165, 1.54) is 29.2 Å². The molecule has 3 rings (SSSR count). The zero-order valence-electron chi connectivity index (χ0n) is 16.0. The van der Waals surface area contributed by atoms with Gasteiger partial charge in [0.1, 0.15) is 19.0 Å². The van der Waals surface area contributed by atoms with Crippen LogP contribution in [-0.4, -0.2) is 38.2 Å². The smallest absolute Gasteiger partial charge is 0.331 e. The van der Waals surface area contributed by atoms with Crippen LogP contribution in [-0.2, 0) is 14.3 Å². The van der Waals surface area contributed by atoms with Crippen molar-refractivity contribution in [2.75, 3.05) is 31.3 Å². The highest BCUT2D eigenvalue weighted by Gasteiger charge is 2.20. The van der Waals surface area contributed by atoms with Crippen LogP contribution in [0.25, 0.3) is 6.08 Å². The van der Waals surface area contributed by atoms with Crippen molar-refractivity contribution < 1.29 is 28.2 Å². The molecule has 0 aliphatic carbocycles. The van der Waals surface area contributed by atoms with E-state index in [0.29, 0.717) is 36.0 Å². The molecule has 1 aliphatic heterocycles. The van der Waals surface area contributed by atoms with E-state index in [2.05, 4.69) is 0 Å². The van der Waals surface area contributed by atoms with Crippen LogP contribution in [0.2, 0.25) is 0 Å². The molecule has 0 spiro atoms. The number of esters is 1. The van der Waals surface area contributed by atoms with Crippen molar-refractivity contribution in [3.05, 3.63) is 59.9 Å². The molecule has 0 saturated carbocycles. The number of hydrogen-bond acceptors (Lipinski definition) is 6. The van der Waals surface area contributed by atoms with Gasteiger partial charge in [-0.1, -0.05) is 12.1 Å². The van der Waals surface area contributed by atoms with Crippen LogP contribution in [0.1, 0.15) is 12.0 Å². The Morgan fingerprint density at radius 2 is 1.97 bits per heavy atom. The molecule has 0 unspecified atom stereocenters. The van der Waals surface area contributed by atoms with E-state index < -0.39 is 24.3 Å². The van der Waals surface area contributed by atoms with Crippen LogP contribution in [0.5, 0.6) is 11.5 Å². The Morgan fingerprint density at radius 3 is 2.73 bits per heavy atom. The molecule has 0 N–H and O–H groups in total. The Hall–Kier alpha value is -3.86. The lowest BCUT2D eigenvalue weighted by atomic mass is 10.2. The molecule has 1 heterocycles. The van der Waals surface area contributed by atoms with Gasteiger partial charge in [-0.25, -0.2) is 9.18 Å². The second-order valence-electron chi connectivity index (χ2n) is 6.28. The maximum absolute atomic E-state index is 13.2. The standard InChI is InChI=1S/C22H19FN2O5/c23-17-4-1-3-16(13-17)5-8-22(27)30-15-21(26)25(10-2-9-24)18-6-7-19-20(14-18)29-12-11-28-19/h1,3-8,13-14H,2,10-12,15H2/b8-5+. The molecule has 7 nitrogen and oxygen atoms in total. The summed E-state index contributed by atoms with van der Waals surface area (Å²) in [4.78, 5) is 25.9. The SMILES string of the molecule is N#CCCN(C(=O)COC(=O)/C=C/c1cccc(F)c1)c1ccc2c(c1)OCCO2. The number of benzene rings is 2. The van der Waals surface area contributed by atoms with E-state index in [1.807, 2.05) is 6.07 Å². The third-order valence-corrected chi connectivity index (χ3v) is 4.18. The summed E-state index contributed by atoms with van der Waals surface area (Å²) in [6.45, 7) is 0.470. The van der Waals surface area contributed by atoms with Crippen LogP contribution in [0.15, 0.2) is 48.5 Å². The number of rotatable bonds is 7. The molecule has 2 aromatic carbocycles. The van der Waals surface area contributed by atoms with Gasteiger partial charge in [-0.15, -0.1) is 0 Å². The summed E-state index contributed by atoms with van der Waals surface area (Å²) in [6.07, 6.45) is 2.61. The zero-order chi connectivity index (χ0) is 21.3. The number of ether oxygens (including phenoxy) is 3. The predicted molar refractivity (Wildman–Crippen MR) is 106 cm³/mol. The van der Waals surface area contributed by atoms with E-state index >= 15 is 0 Å². The highest BCUT2D eigenvalue weighted by Crippen LogP contribution is 2.34. The van der Waals surface area contributed by atoms with Crippen LogP contribution >= 0.6 is 0 Å². The molecule has 30 heavy (non-hydrogen) atoms. The summed E-state index contributed by atoms with van der Waals surface area (Å²) in [5.41, 5.74) is 0.996. The number of nitriles is 1. The topological polar surface area (TPSA) is 88.9 Å². The van der Waals surface area contributed by atoms with E-state index in [-0.39, 0.29) is 13.0 Å². The maximum atomic E-state index is 13.2. The average Bonchev–Trinajstić information content (AvgIpc) is 2.76. The molecule has 0 radical (unpaired) electrons. The zero-order valence-corrected chi connectivity index (χ0v) is 16.0. The van der Waals surface area contributed by atoms with Gasteiger partial charge in [0.2, 0.25) is 0 Å². The molecule has 2 aromatic rings. The fourth-order valence-electron chi connectivity index (χ4n) is 2.79. The van der Waals surface area contributed by atoms with Crippen molar-refractivity contribution in [1.29, 1.82) is 5.26 Å². The molecular weight excluding hydrogens is 391 g/mol. The summed E-state index contributed by atoms with van der Waals surface area (Å²) in [5.74, 6) is -0.576. The van der Waals surface area contributed by atoms with Gasteiger partial charge in [-0.05, 0) is 35.9 Å². The molecule has 0 aromatic heterocycles. The molecule has 154 valence electrons. The first-order chi connectivity index (χ1) is 14.6. The summed E-state index contributed by atoms with van der Waals surface area (Å²) in [7, 11) is 0. The number of carbonyl (C=O) groups is 2. The van der Waals surface area contributed by atoms with Gasteiger partial charge >= 0.3 is 5.97 Å². The minimum absolute atomic E-state index is 0.105. The first-order valence-electron chi connectivity index (χ1n) is 9.24. The van der Waals surface area contributed by atoms with Gasteiger partial charge in [0, 0.05) is 24.4 Å². The molecular formula is C22H19FN2O5. The fourth-order valence-corrected chi connectivity index (χ4v) is 2.79. The average molecular weight is 410 g/mol. The quantitative estimate of drug-likeness (QED) is 0.515. The summed E-state index contributed by atoms with van der Waals surface area (Å²) >= 11 is 0. The van der Waals surface area contributed by atoms with E-state index in [1.54, 1.807) is 24.3 Å². The number of halogens is 1. The molecule has 8 heteroatoms. The minimum atomic E-state index is -0.741.